The van der Waals surface area contributed by atoms with E-state index in [2.05, 4.69) is 52.8 Å². The minimum Gasteiger partial charge on any atom is -0.257 e. The molecule has 0 aliphatic carbocycles. The van der Waals surface area contributed by atoms with Crippen LogP contribution < -0.4 is 0 Å². The molecule has 0 fully saturated rings. The van der Waals surface area contributed by atoms with E-state index in [9.17, 15) is 0 Å². The van der Waals surface area contributed by atoms with Crippen LogP contribution in [-0.2, 0) is 12.8 Å². The normalized spacial score (nSPS) is 15.1. The molecule has 0 amide bonds. The van der Waals surface area contributed by atoms with E-state index in [1.54, 1.807) is 0 Å². The number of nitrogens with zero attached hydrogens (tertiary/aromatic N) is 1. The van der Waals surface area contributed by atoms with Gasteiger partial charge in [-0.05, 0) is 29.5 Å². The van der Waals surface area contributed by atoms with Gasteiger partial charge in [0.15, 0.2) is 0 Å². The molecule has 1 aliphatic rings. The molecule has 1 aliphatic heterocycles. The van der Waals surface area contributed by atoms with E-state index in [1.807, 2.05) is 0 Å². The summed E-state index contributed by atoms with van der Waals surface area (Å²) in [7, 11) is 0. The van der Waals surface area contributed by atoms with E-state index in [4.69, 9.17) is 4.99 Å². The Morgan fingerprint density at radius 2 is 1.94 bits per heavy atom. The Hall–Kier alpha value is -1.11. The van der Waals surface area contributed by atoms with E-state index >= 15 is 0 Å². The van der Waals surface area contributed by atoms with E-state index in [0.717, 1.165) is 12.8 Å². The zero-order chi connectivity index (χ0) is 12.6. The van der Waals surface area contributed by atoms with Gasteiger partial charge in [-0.1, -0.05) is 46.8 Å². The molecular formula is C16H23N. The average Bonchev–Trinajstić information content (AvgIpc) is 2.58. The molecule has 0 saturated heterocycles. The number of fused-ring (bicyclic) bond motifs is 1. The van der Waals surface area contributed by atoms with Crippen LogP contribution in [0.4, 0.5) is 5.69 Å². The molecular weight excluding hydrogens is 206 g/mol. The number of hydrogen-bond donors (Lipinski definition) is 0. The van der Waals surface area contributed by atoms with Crippen LogP contribution >= 0.6 is 0 Å². The lowest BCUT2D eigenvalue weighted by Crippen LogP contribution is -2.19. The first-order chi connectivity index (χ1) is 7.86. The smallest absolute Gasteiger partial charge is 0.0667 e. The predicted molar refractivity (Wildman–Crippen MR) is 75.2 cm³/mol. The van der Waals surface area contributed by atoms with Crippen molar-refractivity contribution < 1.29 is 0 Å². The highest BCUT2D eigenvalue weighted by atomic mass is 14.8. The first-order valence-corrected chi connectivity index (χ1v) is 6.56. The maximum absolute atomic E-state index is 4.81. The van der Waals surface area contributed by atoms with Gasteiger partial charge in [0.2, 0.25) is 0 Å². The molecule has 0 saturated carbocycles. The second-order valence-electron chi connectivity index (χ2n) is 6.55. The summed E-state index contributed by atoms with van der Waals surface area (Å²) < 4.78 is 0. The molecule has 0 radical (unpaired) electrons. The highest BCUT2D eigenvalue weighted by Gasteiger charge is 2.24. The summed E-state index contributed by atoms with van der Waals surface area (Å²) in [6, 6.07) is 6.79. The van der Waals surface area contributed by atoms with Crippen molar-refractivity contribution in [3.63, 3.8) is 0 Å². The van der Waals surface area contributed by atoms with Gasteiger partial charge in [0, 0.05) is 17.5 Å². The monoisotopic (exact) mass is 229 g/mol. The third kappa shape index (κ3) is 2.77. The molecule has 0 bridgehead atoms. The molecule has 0 atom stereocenters. The fourth-order valence-electron chi connectivity index (χ4n) is 2.26. The minimum atomic E-state index is 0.192. The first kappa shape index (κ1) is 12.3. The van der Waals surface area contributed by atoms with E-state index < -0.39 is 0 Å². The molecule has 0 spiro atoms. The van der Waals surface area contributed by atoms with Crippen LogP contribution in [0.1, 0.15) is 45.7 Å². The molecule has 1 heterocycles. The van der Waals surface area contributed by atoms with Crippen LogP contribution in [0.5, 0.6) is 0 Å². The zero-order valence-electron chi connectivity index (χ0n) is 11.7. The quantitative estimate of drug-likeness (QED) is 0.705. The molecule has 1 nitrogen and oxygen atoms in total. The number of hydrogen-bond acceptors (Lipinski definition) is 1. The lowest BCUT2D eigenvalue weighted by Gasteiger charge is -2.17. The summed E-state index contributed by atoms with van der Waals surface area (Å²) in [5.41, 5.74) is 5.51. The molecule has 0 unspecified atom stereocenters. The Morgan fingerprint density at radius 3 is 2.53 bits per heavy atom. The van der Waals surface area contributed by atoms with Crippen LogP contribution in [0, 0.1) is 11.3 Å². The fraction of sp³-hybridized carbons (Fsp3) is 0.562. The van der Waals surface area contributed by atoms with Crippen LogP contribution in [0.2, 0.25) is 0 Å². The summed E-state index contributed by atoms with van der Waals surface area (Å²) in [6.07, 6.45) is 2.18. The molecule has 1 aromatic rings. The van der Waals surface area contributed by atoms with E-state index in [1.165, 1.54) is 22.5 Å². The van der Waals surface area contributed by atoms with E-state index in [0.29, 0.717) is 5.92 Å². The Bertz CT molecular complexity index is 447. The van der Waals surface area contributed by atoms with Crippen LogP contribution in [0.25, 0.3) is 0 Å². The second-order valence-corrected chi connectivity index (χ2v) is 6.55. The maximum atomic E-state index is 4.81. The van der Waals surface area contributed by atoms with Crippen molar-refractivity contribution in [3.05, 3.63) is 29.3 Å². The van der Waals surface area contributed by atoms with Gasteiger partial charge < -0.3 is 0 Å². The largest absolute Gasteiger partial charge is 0.257 e. The molecule has 1 heteroatoms. The Kier molecular flexibility index (Phi) is 3.11. The zero-order valence-corrected chi connectivity index (χ0v) is 11.7. The summed E-state index contributed by atoms with van der Waals surface area (Å²) in [6.45, 7) is 11.3. The lowest BCUT2D eigenvalue weighted by molar-refractivity contribution is 0.584. The summed E-state index contributed by atoms with van der Waals surface area (Å²) in [4.78, 5) is 4.81. The molecule has 1 aromatic carbocycles. The van der Waals surface area contributed by atoms with Crippen molar-refractivity contribution >= 4 is 11.4 Å². The maximum Gasteiger partial charge on any atom is 0.0667 e. The molecule has 0 aromatic heterocycles. The second kappa shape index (κ2) is 4.29. The predicted octanol–water partition coefficient (Wildman–Crippen LogP) is 4.56. The highest BCUT2D eigenvalue weighted by Crippen LogP contribution is 2.34. The van der Waals surface area contributed by atoms with Gasteiger partial charge in [0.1, 0.15) is 0 Å². The van der Waals surface area contributed by atoms with Crippen LogP contribution in [0.15, 0.2) is 23.2 Å². The molecule has 2 rings (SSSR count). The van der Waals surface area contributed by atoms with Gasteiger partial charge in [0.05, 0.1) is 5.69 Å². The Labute approximate surface area is 105 Å². The fourth-order valence-corrected chi connectivity index (χ4v) is 2.26. The van der Waals surface area contributed by atoms with Gasteiger partial charge in [-0.25, -0.2) is 0 Å². The third-order valence-corrected chi connectivity index (χ3v) is 3.27. The Morgan fingerprint density at radius 1 is 1.24 bits per heavy atom. The average molecular weight is 229 g/mol. The standard InChI is InChI=1S/C16H23N/c1-11(2)8-12-6-7-13-10-15(16(3,4)5)17-14(13)9-12/h6-7,9,11H,8,10H2,1-5H3. The van der Waals surface area contributed by atoms with Crippen LogP contribution in [-0.4, -0.2) is 5.71 Å². The molecule has 92 valence electrons. The van der Waals surface area contributed by atoms with Crippen molar-refractivity contribution in [3.8, 4) is 0 Å². The van der Waals surface area contributed by atoms with Crippen molar-refractivity contribution in [1.82, 2.24) is 0 Å². The van der Waals surface area contributed by atoms with Crippen LogP contribution in [0.3, 0.4) is 0 Å². The van der Waals surface area contributed by atoms with Crippen molar-refractivity contribution in [2.75, 3.05) is 0 Å². The van der Waals surface area contributed by atoms with Gasteiger partial charge in [-0.15, -0.1) is 0 Å². The minimum absolute atomic E-state index is 0.192. The SMILES string of the molecule is CC(C)Cc1ccc2c(c1)N=C(C(C)(C)C)C2. The Balaban J connectivity index is 2.26. The van der Waals surface area contributed by atoms with Gasteiger partial charge in [0.25, 0.3) is 0 Å². The van der Waals surface area contributed by atoms with Gasteiger partial charge in [-0.2, -0.15) is 0 Å². The topological polar surface area (TPSA) is 12.4 Å². The molecule has 0 N–H and O–H groups in total. The summed E-state index contributed by atoms with van der Waals surface area (Å²) in [5.74, 6) is 0.709. The number of rotatable bonds is 2. The van der Waals surface area contributed by atoms with Crippen molar-refractivity contribution in [1.29, 1.82) is 0 Å². The van der Waals surface area contributed by atoms with Crippen molar-refractivity contribution in [2.24, 2.45) is 16.3 Å². The number of aliphatic imine (C=N–C) groups is 1. The number of benzene rings is 1. The summed E-state index contributed by atoms with van der Waals surface area (Å²) in [5, 5.41) is 0. The highest BCUT2D eigenvalue weighted by molar-refractivity contribution is 5.97. The van der Waals surface area contributed by atoms with Crippen molar-refractivity contribution in [2.45, 2.75) is 47.5 Å². The summed E-state index contributed by atoms with van der Waals surface area (Å²) >= 11 is 0. The van der Waals surface area contributed by atoms with Gasteiger partial charge in [-0.3, -0.25) is 4.99 Å². The third-order valence-electron chi connectivity index (χ3n) is 3.27. The van der Waals surface area contributed by atoms with E-state index in [-0.39, 0.29) is 5.41 Å². The lowest BCUT2D eigenvalue weighted by atomic mass is 9.87. The first-order valence-electron chi connectivity index (χ1n) is 6.56. The molecule has 17 heavy (non-hydrogen) atoms. The van der Waals surface area contributed by atoms with Gasteiger partial charge >= 0.3 is 0 Å².